The monoisotopic (exact) mass is 310 g/mol. The fourth-order valence-electron chi connectivity index (χ4n) is 2.36. The van der Waals surface area contributed by atoms with E-state index in [2.05, 4.69) is 40.0 Å². The van der Waals surface area contributed by atoms with Crippen LogP contribution in [0.3, 0.4) is 0 Å². The number of aromatic amines is 1. The standard InChI is InChI=1S/C12H15BrN4O/c1-6(12(2)3-4-12)17-5-7(13)9-8(11(17)18)10(14)16-15-9/h5-6H,3-4H2,1-2H3,(H3,14,15,16). The minimum Gasteiger partial charge on any atom is -0.382 e. The minimum absolute atomic E-state index is 0.0694. The van der Waals surface area contributed by atoms with Gasteiger partial charge in [0.2, 0.25) is 0 Å². The molecule has 0 aliphatic heterocycles. The van der Waals surface area contributed by atoms with Crippen LogP contribution in [-0.4, -0.2) is 14.8 Å². The molecule has 0 bridgehead atoms. The predicted molar refractivity (Wildman–Crippen MR) is 74.5 cm³/mol. The summed E-state index contributed by atoms with van der Waals surface area (Å²) in [7, 11) is 0. The molecular formula is C12H15BrN4O. The Kier molecular flexibility index (Phi) is 2.35. The maximum absolute atomic E-state index is 12.5. The van der Waals surface area contributed by atoms with Gasteiger partial charge in [-0.1, -0.05) is 6.92 Å². The molecule has 6 heteroatoms. The highest BCUT2D eigenvalue weighted by molar-refractivity contribution is 9.10. The zero-order valence-corrected chi connectivity index (χ0v) is 11.9. The lowest BCUT2D eigenvalue weighted by atomic mass is 10.0. The van der Waals surface area contributed by atoms with Gasteiger partial charge in [-0.3, -0.25) is 9.89 Å². The first-order valence-corrected chi connectivity index (χ1v) is 6.77. The van der Waals surface area contributed by atoms with Crippen LogP contribution >= 0.6 is 15.9 Å². The van der Waals surface area contributed by atoms with E-state index in [1.165, 1.54) is 0 Å². The maximum Gasteiger partial charge on any atom is 0.264 e. The van der Waals surface area contributed by atoms with E-state index in [1.54, 1.807) is 4.57 Å². The normalized spacial score (nSPS) is 19.1. The molecule has 1 saturated carbocycles. The summed E-state index contributed by atoms with van der Waals surface area (Å²) in [6.45, 7) is 4.30. The lowest BCUT2D eigenvalue weighted by Crippen LogP contribution is -2.27. The van der Waals surface area contributed by atoms with E-state index in [0.717, 1.165) is 17.3 Å². The van der Waals surface area contributed by atoms with Crippen molar-refractivity contribution in [3.05, 3.63) is 21.0 Å². The highest BCUT2D eigenvalue weighted by Gasteiger charge is 2.43. The number of nitrogens with zero attached hydrogens (tertiary/aromatic N) is 2. The smallest absolute Gasteiger partial charge is 0.264 e. The van der Waals surface area contributed by atoms with Crippen molar-refractivity contribution in [3.8, 4) is 0 Å². The molecule has 96 valence electrons. The van der Waals surface area contributed by atoms with Crippen LogP contribution in [0.25, 0.3) is 10.9 Å². The molecule has 1 aliphatic carbocycles. The first-order chi connectivity index (χ1) is 8.44. The van der Waals surface area contributed by atoms with Crippen LogP contribution in [0.15, 0.2) is 15.5 Å². The number of aromatic nitrogens is 3. The van der Waals surface area contributed by atoms with Crippen molar-refractivity contribution < 1.29 is 0 Å². The number of nitrogens with two attached hydrogens (primary N) is 1. The molecule has 2 aromatic rings. The number of fused-ring (bicyclic) bond motifs is 1. The van der Waals surface area contributed by atoms with Crippen LogP contribution in [0.5, 0.6) is 0 Å². The molecule has 5 nitrogen and oxygen atoms in total. The van der Waals surface area contributed by atoms with Gasteiger partial charge in [-0.25, -0.2) is 0 Å². The molecule has 3 N–H and O–H groups in total. The van der Waals surface area contributed by atoms with Crippen LogP contribution in [-0.2, 0) is 0 Å². The molecule has 0 spiro atoms. The summed E-state index contributed by atoms with van der Waals surface area (Å²) in [5, 5.41) is 7.16. The summed E-state index contributed by atoms with van der Waals surface area (Å²) >= 11 is 3.46. The zero-order valence-electron chi connectivity index (χ0n) is 10.3. The van der Waals surface area contributed by atoms with Gasteiger partial charge in [0, 0.05) is 12.2 Å². The van der Waals surface area contributed by atoms with Gasteiger partial charge in [0.1, 0.15) is 5.39 Å². The Morgan fingerprint density at radius 1 is 1.61 bits per heavy atom. The largest absolute Gasteiger partial charge is 0.382 e. The third-order valence-electron chi connectivity index (χ3n) is 4.20. The van der Waals surface area contributed by atoms with Crippen LogP contribution in [0, 0.1) is 5.41 Å². The van der Waals surface area contributed by atoms with E-state index >= 15 is 0 Å². The van der Waals surface area contributed by atoms with Gasteiger partial charge in [0.05, 0.1) is 9.99 Å². The third-order valence-corrected chi connectivity index (χ3v) is 4.80. The predicted octanol–water partition coefficient (Wildman–Crippen LogP) is 2.43. The van der Waals surface area contributed by atoms with Crippen LogP contribution in [0.4, 0.5) is 5.82 Å². The molecule has 18 heavy (non-hydrogen) atoms. The molecule has 0 radical (unpaired) electrons. The van der Waals surface area contributed by atoms with E-state index in [0.29, 0.717) is 10.9 Å². The molecule has 3 rings (SSSR count). The van der Waals surface area contributed by atoms with Crippen molar-refractivity contribution in [2.24, 2.45) is 5.41 Å². The molecular weight excluding hydrogens is 296 g/mol. The summed E-state index contributed by atoms with van der Waals surface area (Å²) in [6, 6.07) is 0.167. The SMILES string of the molecule is CC(n1cc(Br)c2[nH]nc(N)c2c1=O)C1(C)CC1. The topological polar surface area (TPSA) is 76.7 Å². The second-order valence-electron chi connectivity index (χ2n) is 5.38. The fourth-order valence-corrected chi connectivity index (χ4v) is 2.87. The van der Waals surface area contributed by atoms with Crippen molar-refractivity contribution in [2.75, 3.05) is 5.73 Å². The lowest BCUT2D eigenvalue weighted by molar-refractivity contribution is 0.351. The number of rotatable bonds is 2. The van der Waals surface area contributed by atoms with Crippen LogP contribution < -0.4 is 11.3 Å². The number of halogens is 1. The number of nitrogens with one attached hydrogen (secondary N) is 1. The molecule has 1 atom stereocenters. The van der Waals surface area contributed by atoms with Crippen molar-refractivity contribution in [1.29, 1.82) is 0 Å². The second kappa shape index (κ2) is 3.60. The van der Waals surface area contributed by atoms with Crippen LogP contribution in [0.1, 0.15) is 32.7 Å². The molecule has 0 aromatic carbocycles. The number of anilines is 1. The average molecular weight is 311 g/mol. The highest BCUT2D eigenvalue weighted by atomic mass is 79.9. The lowest BCUT2D eigenvalue weighted by Gasteiger charge is -2.22. The summed E-state index contributed by atoms with van der Waals surface area (Å²) < 4.78 is 2.59. The summed E-state index contributed by atoms with van der Waals surface area (Å²) in [5.74, 6) is 0.262. The van der Waals surface area contributed by atoms with Gasteiger partial charge in [0.25, 0.3) is 5.56 Å². The second-order valence-corrected chi connectivity index (χ2v) is 6.23. The fraction of sp³-hybridized carbons (Fsp3) is 0.500. The van der Waals surface area contributed by atoms with Gasteiger partial charge >= 0.3 is 0 Å². The summed E-state index contributed by atoms with van der Waals surface area (Å²) in [4.78, 5) is 12.5. The van der Waals surface area contributed by atoms with Gasteiger partial charge < -0.3 is 10.3 Å². The molecule has 1 unspecified atom stereocenters. The van der Waals surface area contributed by atoms with Crippen molar-refractivity contribution >= 4 is 32.7 Å². The molecule has 0 saturated heterocycles. The van der Waals surface area contributed by atoms with Crippen molar-refractivity contribution in [2.45, 2.75) is 32.7 Å². The quantitative estimate of drug-likeness (QED) is 0.894. The van der Waals surface area contributed by atoms with Gasteiger partial charge in [0.15, 0.2) is 5.82 Å². The molecule has 0 amide bonds. The molecule has 1 fully saturated rings. The first-order valence-electron chi connectivity index (χ1n) is 5.98. The third kappa shape index (κ3) is 1.51. The van der Waals surface area contributed by atoms with Gasteiger partial charge in [-0.15, -0.1) is 0 Å². The Hall–Kier alpha value is -1.30. The van der Waals surface area contributed by atoms with E-state index in [9.17, 15) is 4.79 Å². The van der Waals surface area contributed by atoms with Crippen molar-refractivity contribution in [1.82, 2.24) is 14.8 Å². The minimum atomic E-state index is -0.0694. The van der Waals surface area contributed by atoms with Gasteiger partial charge in [-0.05, 0) is 41.1 Å². The highest BCUT2D eigenvalue weighted by Crippen LogP contribution is 2.53. The molecule has 2 aromatic heterocycles. The van der Waals surface area contributed by atoms with Crippen LogP contribution in [0.2, 0.25) is 0 Å². The van der Waals surface area contributed by atoms with E-state index in [-0.39, 0.29) is 22.8 Å². The number of hydrogen-bond acceptors (Lipinski definition) is 3. The zero-order chi connectivity index (χ0) is 13.1. The average Bonchev–Trinajstić information content (AvgIpc) is 2.95. The number of hydrogen-bond donors (Lipinski definition) is 2. The Balaban J connectivity index is 2.27. The van der Waals surface area contributed by atoms with E-state index in [1.807, 2.05) is 6.20 Å². The van der Waals surface area contributed by atoms with E-state index in [4.69, 9.17) is 5.73 Å². The summed E-state index contributed by atoms with van der Waals surface area (Å²) in [6.07, 6.45) is 4.16. The Labute approximate surface area is 112 Å². The number of nitrogen functional groups attached to an aromatic ring is 1. The van der Waals surface area contributed by atoms with Crippen molar-refractivity contribution in [3.63, 3.8) is 0 Å². The first kappa shape index (κ1) is 11.8. The number of H-pyrrole nitrogens is 1. The molecule has 2 heterocycles. The Morgan fingerprint density at radius 2 is 2.28 bits per heavy atom. The molecule has 1 aliphatic rings. The maximum atomic E-state index is 12.5. The Bertz CT molecular complexity index is 683. The van der Waals surface area contributed by atoms with Gasteiger partial charge in [-0.2, -0.15) is 5.10 Å². The summed E-state index contributed by atoms with van der Waals surface area (Å²) in [5.41, 5.74) is 6.59. The Morgan fingerprint density at radius 3 is 2.89 bits per heavy atom. The van der Waals surface area contributed by atoms with E-state index < -0.39 is 0 Å². The number of pyridine rings is 1.